The number of rotatable bonds is 51. The van der Waals surface area contributed by atoms with E-state index >= 15 is 0 Å². The smallest absolute Gasteiger partial charge is 0.220 e. The summed E-state index contributed by atoms with van der Waals surface area (Å²) in [4.78, 5) is 13.3. The fourth-order valence-corrected chi connectivity index (χ4v) is 10.1. The number of nitrogens with one attached hydrogen (secondary N) is 1. The van der Waals surface area contributed by atoms with Gasteiger partial charge in [0.15, 0.2) is 12.6 Å². The minimum atomic E-state index is -1.80. The lowest BCUT2D eigenvalue weighted by Crippen LogP contribution is -2.65. The Balaban J connectivity index is 1.76. The molecule has 14 heteroatoms. The summed E-state index contributed by atoms with van der Waals surface area (Å²) in [5.41, 5.74) is 0. The van der Waals surface area contributed by atoms with Crippen molar-refractivity contribution in [1.29, 1.82) is 0 Å². The van der Waals surface area contributed by atoms with Gasteiger partial charge in [-0.05, 0) is 89.9 Å². The maximum absolute atomic E-state index is 13.3. The van der Waals surface area contributed by atoms with Crippen LogP contribution in [0.25, 0.3) is 0 Å². The first kappa shape index (κ1) is 75.0. The van der Waals surface area contributed by atoms with Crippen molar-refractivity contribution in [3.05, 3.63) is 97.2 Å². The monoisotopic (exact) mass is 1160 g/mol. The van der Waals surface area contributed by atoms with Crippen LogP contribution in [0.5, 0.6) is 0 Å². The summed E-state index contributed by atoms with van der Waals surface area (Å²) in [5, 5.41) is 87.3. The van der Waals surface area contributed by atoms with Crippen LogP contribution in [0.2, 0.25) is 0 Å². The fraction of sp³-hybridized carbons (Fsp3) is 0.750. The molecule has 0 spiro atoms. The fourth-order valence-electron chi connectivity index (χ4n) is 10.1. The first-order valence-corrected chi connectivity index (χ1v) is 32.5. The van der Waals surface area contributed by atoms with E-state index in [1.807, 2.05) is 6.08 Å². The van der Waals surface area contributed by atoms with E-state index in [2.05, 4.69) is 104 Å². The highest BCUT2D eigenvalue weighted by atomic mass is 16.7. The SMILES string of the molecule is CC/C=C\C/C=C\C/C=C\C/C=C\C/C=C\CCCCCCCCCCCC(=O)NC(COC1OC(CO)C(OC2OC(CO)C(O)C(O)C2O)C(O)C1O)C(O)/C=C/CC/C=C/CC/C=C/CCCCCCCCCCCCCCC. The van der Waals surface area contributed by atoms with Gasteiger partial charge < -0.3 is 65.1 Å². The normalized spacial score (nSPS) is 24.6. The van der Waals surface area contributed by atoms with Gasteiger partial charge in [0.2, 0.25) is 5.91 Å². The van der Waals surface area contributed by atoms with Gasteiger partial charge in [-0.25, -0.2) is 0 Å². The molecule has 0 bridgehead atoms. The quantitative estimate of drug-likeness (QED) is 0.0204. The lowest BCUT2D eigenvalue weighted by atomic mass is 9.97. The van der Waals surface area contributed by atoms with E-state index in [-0.39, 0.29) is 18.9 Å². The number of aliphatic hydroxyl groups excluding tert-OH is 8. The second kappa shape index (κ2) is 52.3. The highest BCUT2D eigenvalue weighted by molar-refractivity contribution is 5.76. The summed E-state index contributed by atoms with van der Waals surface area (Å²) in [7, 11) is 0. The van der Waals surface area contributed by atoms with Crippen LogP contribution in [0, 0.1) is 0 Å². The summed E-state index contributed by atoms with van der Waals surface area (Å²) in [5.74, 6) is -0.263. The van der Waals surface area contributed by atoms with Crippen molar-refractivity contribution in [2.24, 2.45) is 0 Å². The van der Waals surface area contributed by atoms with Crippen molar-refractivity contribution < 1.29 is 64.6 Å². The average molecular weight is 1160 g/mol. The maximum atomic E-state index is 13.3. The molecule has 1 amide bonds. The lowest BCUT2D eigenvalue weighted by molar-refractivity contribution is -0.359. The topological polar surface area (TPSA) is 228 Å². The van der Waals surface area contributed by atoms with E-state index in [1.165, 1.54) is 116 Å². The third-order valence-electron chi connectivity index (χ3n) is 15.2. The Morgan fingerprint density at radius 2 is 0.854 bits per heavy atom. The molecule has 2 aliphatic heterocycles. The van der Waals surface area contributed by atoms with Gasteiger partial charge >= 0.3 is 0 Å². The second-order valence-electron chi connectivity index (χ2n) is 22.5. The largest absolute Gasteiger partial charge is 0.394 e. The zero-order valence-corrected chi connectivity index (χ0v) is 50.9. The molecule has 2 fully saturated rings. The Bertz CT molecular complexity index is 1740. The van der Waals surface area contributed by atoms with E-state index in [0.717, 1.165) is 83.5 Å². The second-order valence-corrected chi connectivity index (χ2v) is 22.5. The van der Waals surface area contributed by atoms with Crippen molar-refractivity contribution >= 4 is 5.91 Å². The van der Waals surface area contributed by atoms with Crippen molar-refractivity contribution in [3.63, 3.8) is 0 Å². The number of hydrogen-bond acceptors (Lipinski definition) is 13. The van der Waals surface area contributed by atoms with Crippen LogP contribution in [0.15, 0.2) is 97.2 Å². The molecule has 14 nitrogen and oxygen atoms in total. The van der Waals surface area contributed by atoms with Gasteiger partial charge in [0, 0.05) is 6.42 Å². The number of unbranched alkanes of at least 4 members (excludes halogenated alkanes) is 24. The van der Waals surface area contributed by atoms with Crippen LogP contribution in [0.4, 0.5) is 0 Å². The molecule has 0 aromatic carbocycles. The van der Waals surface area contributed by atoms with Gasteiger partial charge in [-0.2, -0.15) is 0 Å². The van der Waals surface area contributed by atoms with Crippen molar-refractivity contribution in [2.75, 3.05) is 19.8 Å². The molecular weight excluding hydrogens is 1040 g/mol. The summed E-state index contributed by atoms with van der Waals surface area (Å²) in [6, 6.07) is -0.949. The third-order valence-corrected chi connectivity index (χ3v) is 15.2. The molecule has 2 aliphatic rings. The summed E-state index contributed by atoms with van der Waals surface area (Å²) >= 11 is 0. The zero-order valence-electron chi connectivity index (χ0n) is 50.9. The first-order valence-electron chi connectivity index (χ1n) is 32.5. The van der Waals surface area contributed by atoms with Gasteiger partial charge in [0.1, 0.15) is 48.8 Å². The van der Waals surface area contributed by atoms with Crippen molar-refractivity contribution in [1.82, 2.24) is 5.32 Å². The van der Waals surface area contributed by atoms with E-state index in [0.29, 0.717) is 12.8 Å². The van der Waals surface area contributed by atoms with E-state index < -0.39 is 86.8 Å². The molecule has 0 aromatic rings. The Labute approximate surface area is 496 Å². The number of amides is 1. The van der Waals surface area contributed by atoms with Crippen molar-refractivity contribution in [2.45, 2.75) is 306 Å². The molecule has 0 saturated carbocycles. The lowest BCUT2D eigenvalue weighted by Gasteiger charge is -2.46. The molecule has 472 valence electrons. The third kappa shape index (κ3) is 36.7. The predicted molar refractivity (Wildman–Crippen MR) is 332 cm³/mol. The Morgan fingerprint density at radius 1 is 0.451 bits per heavy atom. The number of carbonyl (C=O) groups is 1. The molecule has 2 saturated heterocycles. The minimum Gasteiger partial charge on any atom is -0.394 e. The number of carbonyl (C=O) groups excluding carboxylic acids is 1. The summed E-state index contributed by atoms with van der Waals surface area (Å²) in [6.45, 7) is 2.66. The Hall–Kier alpha value is -3.09. The standard InChI is InChI=1S/C68H117NO13/c1-3-5-7-9-11-13-15-17-19-21-23-25-27-28-30-32-34-36-38-40-42-44-46-48-50-52-60(73)69-56(55-79-67-65(78)63(76)66(59(54-71)81-67)82-68-64(77)62(75)61(74)58(53-70)80-68)57(72)51-49-47-45-43-41-39-37-35-33-31-29-26-24-22-20-18-16-14-12-10-8-6-4-2/h5,7,11,13,17,19,23,25,28,30,33,35,41,43,49,51,56-59,61-68,70-72,74-78H,3-4,6,8-10,12,14-16,18,20-22,24,26-27,29,31-32,34,36-40,42,44-48,50,52-55H2,1-2H3,(H,69,73)/b7-5-,13-11-,19-17-,25-23-,30-28-,35-33+,43-41+,51-49+. The van der Waals surface area contributed by atoms with E-state index in [9.17, 15) is 45.6 Å². The highest BCUT2D eigenvalue weighted by Crippen LogP contribution is 2.30. The number of ether oxygens (including phenoxy) is 4. The van der Waals surface area contributed by atoms with Gasteiger partial charge in [-0.3, -0.25) is 4.79 Å². The molecule has 2 rings (SSSR count). The van der Waals surface area contributed by atoms with Crippen LogP contribution >= 0.6 is 0 Å². The first-order chi connectivity index (χ1) is 40.1. The van der Waals surface area contributed by atoms with E-state index in [4.69, 9.17) is 18.9 Å². The number of aliphatic hydroxyl groups is 8. The zero-order chi connectivity index (χ0) is 59.5. The van der Waals surface area contributed by atoms with Gasteiger partial charge in [0.05, 0.1) is 32.0 Å². The molecule has 0 aliphatic carbocycles. The van der Waals surface area contributed by atoms with Crippen LogP contribution in [-0.4, -0.2) is 140 Å². The molecule has 12 atom stereocenters. The minimum absolute atomic E-state index is 0.257. The van der Waals surface area contributed by atoms with Crippen molar-refractivity contribution in [3.8, 4) is 0 Å². The summed E-state index contributed by atoms with van der Waals surface area (Å²) < 4.78 is 22.8. The molecule has 2 heterocycles. The Kier molecular flexibility index (Phi) is 47.8. The molecular formula is C68H117NO13. The van der Waals surface area contributed by atoms with Gasteiger partial charge in [0.25, 0.3) is 0 Å². The van der Waals surface area contributed by atoms with Crippen LogP contribution in [0.3, 0.4) is 0 Å². The summed E-state index contributed by atoms with van der Waals surface area (Å²) in [6.07, 6.45) is 55.9. The average Bonchev–Trinajstić information content (AvgIpc) is 3.56. The van der Waals surface area contributed by atoms with Gasteiger partial charge in [-0.15, -0.1) is 0 Å². The molecule has 82 heavy (non-hydrogen) atoms. The van der Waals surface area contributed by atoms with Crippen LogP contribution in [0.1, 0.15) is 232 Å². The molecule has 9 N–H and O–H groups in total. The van der Waals surface area contributed by atoms with Crippen LogP contribution in [-0.2, 0) is 23.7 Å². The molecule has 0 aromatic heterocycles. The maximum Gasteiger partial charge on any atom is 0.220 e. The van der Waals surface area contributed by atoms with Crippen LogP contribution < -0.4 is 5.32 Å². The predicted octanol–water partition coefficient (Wildman–Crippen LogP) is 12.2. The number of allylic oxidation sites excluding steroid dienone is 15. The highest BCUT2D eigenvalue weighted by Gasteiger charge is 2.51. The molecule has 0 radical (unpaired) electrons. The number of hydrogen-bond donors (Lipinski definition) is 9. The van der Waals surface area contributed by atoms with E-state index in [1.54, 1.807) is 6.08 Å². The molecule has 12 unspecified atom stereocenters. The Morgan fingerprint density at radius 3 is 1.34 bits per heavy atom. The van der Waals surface area contributed by atoms with Gasteiger partial charge in [-0.1, -0.05) is 233 Å².